The van der Waals surface area contributed by atoms with Crippen molar-refractivity contribution >= 4 is 11.6 Å². The highest BCUT2D eigenvalue weighted by Gasteiger charge is 2.22. The highest BCUT2D eigenvalue weighted by Crippen LogP contribution is 2.39. The second-order valence-corrected chi connectivity index (χ2v) is 5.46. The molecule has 5 heteroatoms. The Morgan fingerprint density at radius 2 is 2.21 bits per heavy atom. The lowest BCUT2D eigenvalue weighted by atomic mass is 9.94. The number of fused-ring (bicyclic) bond motifs is 1. The lowest BCUT2D eigenvalue weighted by molar-refractivity contribution is 0.174. The molecule has 1 unspecified atom stereocenters. The van der Waals surface area contributed by atoms with Gasteiger partial charge >= 0.3 is 0 Å². The van der Waals surface area contributed by atoms with Gasteiger partial charge in [0.15, 0.2) is 11.5 Å². The second kappa shape index (κ2) is 5.99. The van der Waals surface area contributed by atoms with Crippen molar-refractivity contribution in [2.45, 2.75) is 38.8 Å². The molecule has 0 amide bonds. The van der Waals surface area contributed by atoms with Crippen LogP contribution in [0.15, 0.2) is 12.1 Å². The van der Waals surface area contributed by atoms with E-state index in [1.165, 1.54) is 0 Å². The van der Waals surface area contributed by atoms with E-state index in [1.807, 2.05) is 12.1 Å². The van der Waals surface area contributed by atoms with Gasteiger partial charge in [-0.05, 0) is 37.5 Å². The molecule has 0 fully saturated rings. The lowest BCUT2D eigenvalue weighted by Gasteiger charge is -2.29. The van der Waals surface area contributed by atoms with Crippen LogP contribution in [0.2, 0.25) is 5.02 Å². The van der Waals surface area contributed by atoms with Gasteiger partial charge in [-0.1, -0.05) is 18.5 Å². The standard InChI is InChI=1S/C14H20ClNO3/c1-3-14(2,4-5-17)16-8-10-6-11(15)13-12(7-10)18-9-19-13/h6-7,16-17H,3-5,8-9H2,1-2H3. The molecule has 0 bridgehead atoms. The minimum Gasteiger partial charge on any atom is -0.454 e. The van der Waals surface area contributed by atoms with E-state index in [1.54, 1.807) is 0 Å². The highest BCUT2D eigenvalue weighted by molar-refractivity contribution is 6.32. The Kier molecular flexibility index (Phi) is 4.55. The van der Waals surface area contributed by atoms with Gasteiger partial charge in [-0.2, -0.15) is 0 Å². The molecule has 4 nitrogen and oxygen atoms in total. The first-order chi connectivity index (χ1) is 9.08. The van der Waals surface area contributed by atoms with Crippen molar-refractivity contribution in [2.24, 2.45) is 0 Å². The fourth-order valence-corrected chi connectivity index (χ4v) is 2.36. The van der Waals surface area contributed by atoms with Gasteiger partial charge in [0, 0.05) is 18.7 Å². The Hall–Kier alpha value is -0.970. The maximum Gasteiger partial charge on any atom is 0.231 e. The van der Waals surface area contributed by atoms with Crippen LogP contribution < -0.4 is 14.8 Å². The maximum absolute atomic E-state index is 9.10. The number of halogens is 1. The number of hydrogen-bond donors (Lipinski definition) is 2. The van der Waals surface area contributed by atoms with Crippen LogP contribution in [0.4, 0.5) is 0 Å². The van der Waals surface area contributed by atoms with Gasteiger partial charge in [0.1, 0.15) is 0 Å². The molecule has 0 saturated heterocycles. The Labute approximate surface area is 118 Å². The van der Waals surface area contributed by atoms with Crippen LogP contribution in [-0.4, -0.2) is 24.0 Å². The summed E-state index contributed by atoms with van der Waals surface area (Å²) in [4.78, 5) is 0. The normalized spacial score (nSPS) is 16.4. The van der Waals surface area contributed by atoms with Crippen LogP contribution in [-0.2, 0) is 6.54 Å². The summed E-state index contributed by atoms with van der Waals surface area (Å²) in [5, 5.41) is 13.1. The molecule has 2 rings (SSSR count). The van der Waals surface area contributed by atoms with Crippen molar-refractivity contribution in [3.8, 4) is 11.5 Å². The number of ether oxygens (including phenoxy) is 2. The highest BCUT2D eigenvalue weighted by atomic mass is 35.5. The third kappa shape index (κ3) is 3.32. The number of rotatable bonds is 6. The molecule has 0 aliphatic carbocycles. The number of hydrogen-bond acceptors (Lipinski definition) is 4. The van der Waals surface area contributed by atoms with Gasteiger partial charge in [-0.25, -0.2) is 0 Å². The number of aliphatic hydroxyl groups excluding tert-OH is 1. The molecule has 0 radical (unpaired) electrons. The SMILES string of the molecule is CCC(C)(CCO)NCc1cc(Cl)c2c(c1)OCO2. The molecule has 1 aromatic carbocycles. The zero-order valence-corrected chi connectivity index (χ0v) is 12.1. The van der Waals surface area contributed by atoms with Crippen LogP contribution in [0, 0.1) is 0 Å². The third-order valence-corrected chi connectivity index (χ3v) is 3.93. The van der Waals surface area contributed by atoms with E-state index in [2.05, 4.69) is 19.2 Å². The Morgan fingerprint density at radius 1 is 1.42 bits per heavy atom. The molecule has 1 aromatic rings. The van der Waals surface area contributed by atoms with Crippen molar-refractivity contribution in [3.63, 3.8) is 0 Å². The van der Waals surface area contributed by atoms with Gasteiger partial charge in [-0.15, -0.1) is 0 Å². The summed E-state index contributed by atoms with van der Waals surface area (Å²) >= 11 is 6.15. The van der Waals surface area contributed by atoms with Gasteiger partial charge in [0.25, 0.3) is 0 Å². The number of aliphatic hydroxyl groups is 1. The van der Waals surface area contributed by atoms with E-state index >= 15 is 0 Å². The third-order valence-electron chi connectivity index (χ3n) is 3.65. The first kappa shape index (κ1) is 14.4. The fraction of sp³-hybridized carbons (Fsp3) is 0.571. The van der Waals surface area contributed by atoms with Gasteiger partial charge in [0.05, 0.1) is 5.02 Å². The average Bonchev–Trinajstić information content (AvgIpc) is 2.86. The van der Waals surface area contributed by atoms with Gasteiger partial charge in [-0.3, -0.25) is 0 Å². The molecular formula is C14H20ClNO3. The fourth-order valence-electron chi connectivity index (χ4n) is 2.08. The lowest BCUT2D eigenvalue weighted by Crippen LogP contribution is -2.42. The summed E-state index contributed by atoms with van der Waals surface area (Å²) in [6.07, 6.45) is 1.67. The van der Waals surface area contributed by atoms with Crippen LogP contribution in [0.3, 0.4) is 0 Å². The molecule has 2 N–H and O–H groups in total. The minimum atomic E-state index is -0.0718. The number of benzene rings is 1. The molecule has 0 aromatic heterocycles. The maximum atomic E-state index is 9.10. The summed E-state index contributed by atoms with van der Waals surface area (Å²) in [6.45, 7) is 5.30. The molecule has 1 atom stereocenters. The first-order valence-electron chi connectivity index (χ1n) is 6.52. The van der Waals surface area contributed by atoms with E-state index in [0.717, 1.165) is 18.4 Å². The van der Waals surface area contributed by atoms with Gasteiger partial charge < -0.3 is 19.9 Å². The first-order valence-corrected chi connectivity index (χ1v) is 6.89. The Balaban J connectivity index is 2.06. The van der Waals surface area contributed by atoms with E-state index < -0.39 is 0 Å². The average molecular weight is 286 g/mol. The molecule has 1 aliphatic heterocycles. The van der Waals surface area contributed by atoms with Crippen LogP contribution >= 0.6 is 11.6 Å². The van der Waals surface area contributed by atoms with Crippen molar-refractivity contribution in [2.75, 3.05) is 13.4 Å². The zero-order chi connectivity index (χ0) is 13.9. The minimum absolute atomic E-state index is 0.0718. The second-order valence-electron chi connectivity index (χ2n) is 5.05. The summed E-state index contributed by atoms with van der Waals surface area (Å²) in [7, 11) is 0. The summed E-state index contributed by atoms with van der Waals surface area (Å²) in [5.74, 6) is 1.32. The van der Waals surface area contributed by atoms with E-state index in [0.29, 0.717) is 23.1 Å². The monoisotopic (exact) mass is 285 g/mol. The van der Waals surface area contributed by atoms with Crippen LogP contribution in [0.5, 0.6) is 11.5 Å². The van der Waals surface area contributed by atoms with Crippen molar-refractivity contribution < 1.29 is 14.6 Å². The van der Waals surface area contributed by atoms with Crippen molar-refractivity contribution in [1.82, 2.24) is 5.32 Å². The van der Waals surface area contributed by atoms with Crippen LogP contribution in [0.1, 0.15) is 32.3 Å². The molecule has 0 saturated carbocycles. The number of nitrogens with one attached hydrogen (secondary N) is 1. The van der Waals surface area contributed by atoms with Gasteiger partial charge in [0.2, 0.25) is 6.79 Å². The Morgan fingerprint density at radius 3 is 2.89 bits per heavy atom. The molecule has 19 heavy (non-hydrogen) atoms. The molecular weight excluding hydrogens is 266 g/mol. The molecule has 0 spiro atoms. The summed E-state index contributed by atoms with van der Waals surface area (Å²) in [6, 6.07) is 3.83. The summed E-state index contributed by atoms with van der Waals surface area (Å²) in [5.41, 5.74) is 0.976. The predicted octanol–water partition coefficient (Wildman–Crippen LogP) is 2.71. The smallest absolute Gasteiger partial charge is 0.231 e. The van der Waals surface area contributed by atoms with Crippen molar-refractivity contribution in [3.05, 3.63) is 22.7 Å². The quantitative estimate of drug-likeness (QED) is 0.844. The van der Waals surface area contributed by atoms with E-state index in [-0.39, 0.29) is 18.9 Å². The molecule has 106 valence electrons. The van der Waals surface area contributed by atoms with Crippen molar-refractivity contribution in [1.29, 1.82) is 0 Å². The largest absolute Gasteiger partial charge is 0.454 e. The van der Waals surface area contributed by atoms with E-state index in [9.17, 15) is 0 Å². The van der Waals surface area contributed by atoms with Crippen LogP contribution in [0.25, 0.3) is 0 Å². The topological polar surface area (TPSA) is 50.7 Å². The predicted molar refractivity (Wildman–Crippen MR) is 74.8 cm³/mol. The molecule has 1 aliphatic rings. The Bertz CT molecular complexity index is 453. The zero-order valence-electron chi connectivity index (χ0n) is 11.3. The van der Waals surface area contributed by atoms with E-state index in [4.69, 9.17) is 26.2 Å². The molecule has 1 heterocycles. The summed E-state index contributed by atoms with van der Waals surface area (Å²) < 4.78 is 10.6.